The van der Waals surface area contributed by atoms with Crippen LogP contribution in [0, 0.1) is 0 Å². The minimum atomic E-state index is 0. The summed E-state index contributed by atoms with van der Waals surface area (Å²) in [5.74, 6) is 0.795. The third kappa shape index (κ3) is 9.03. The van der Waals surface area contributed by atoms with Crippen molar-refractivity contribution >= 4 is 29.9 Å². The first-order valence-electron chi connectivity index (χ1n) is 9.40. The smallest absolute Gasteiger partial charge is 0.191 e. The molecule has 0 fully saturated rings. The van der Waals surface area contributed by atoms with Crippen LogP contribution in [-0.4, -0.2) is 33.3 Å². The molecule has 1 atom stereocenters. The van der Waals surface area contributed by atoms with Gasteiger partial charge in [-0.05, 0) is 30.0 Å². The number of aliphatic imine (C=N–C) groups is 1. The first-order valence-corrected chi connectivity index (χ1v) is 9.40. The van der Waals surface area contributed by atoms with Crippen molar-refractivity contribution in [3.8, 4) is 0 Å². The van der Waals surface area contributed by atoms with E-state index in [0.717, 1.165) is 25.5 Å². The summed E-state index contributed by atoms with van der Waals surface area (Å²) in [6.07, 6.45) is 1.03. The fraction of sp³-hybridized carbons (Fsp3) is 0.409. The van der Waals surface area contributed by atoms with Crippen LogP contribution >= 0.6 is 24.0 Å². The second-order valence-corrected chi connectivity index (χ2v) is 6.38. The molecule has 28 heavy (non-hydrogen) atoms. The third-order valence-electron chi connectivity index (χ3n) is 4.24. The van der Waals surface area contributed by atoms with Crippen molar-refractivity contribution in [3.63, 3.8) is 0 Å². The fourth-order valence-corrected chi connectivity index (χ4v) is 2.76. The van der Waals surface area contributed by atoms with Crippen molar-refractivity contribution in [1.29, 1.82) is 0 Å². The van der Waals surface area contributed by atoms with E-state index >= 15 is 0 Å². The molecule has 0 saturated carbocycles. The van der Waals surface area contributed by atoms with Gasteiger partial charge in [0.15, 0.2) is 5.96 Å². The Bertz CT molecular complexity index is 695. The van der Waals surface area contributed by atoms with E-state index in [9.17, 15) is 0 Å². The highest BCUT2D eigenvalue weighted by molar-refractivity contribution is 14.0. The molecule has 0 aliphatic rings. The van der Waals surface area contributed by atoms with E-state index in [1.54, 1.807) is 14.2 Å². The summed E-state index contributed by atoms with van der Waals surface area (Å²) in [7, 11) is 3.49. The molecule has 0 bridgehead atoms. The molecule has 0 radical (unpaired) electrons. The maximum atomic E-state index is 5.90. The molecule has 2 aromatic rings. The van der Waals surface area contributed by atoms with Gasteiger partial charge in [0.1, 0.15) is 0 Å². The Morgan fingerprint density at radius 2 is 1.79 bits per heavy atom. The Hall–Kier alpha value is -1.64. The second kappa shape index (κ2) is 14.4. The molecule has 0 aliphatic carbocycles. The summed E-state index contributed by atoms with van der Waals surface area (Å²) in [6, 6.07) is 18.6. The highest BCUT2D eigenvalue weighted by Crippen LogP contribution is 2.15. The molecule has 6 heteroatoms. The number of benzene rings is 2. The molecule has 2 rings (SSSR count). The number of ether oxygens (including phenoxy) is 2. The Morgan fingerprint density at radius 3 is 2.50 bits per heavy atom. The largest absolute Gasteiger partial charge is 0.380 e. The molecular weight excluding hydrogens is 465 g/mol. The first kappa shape index (κ1) is 24.4. The number of rotatable bonds is 10. The fourth-order valence-electron chi connectivity index (χ4n) is 2.76. The van der Waals surface area contributed by atoms with Gasteiger partial charge in [-0.3, -0.25) is 4.99 Å². The standard InChI is InChI=1S/C22H31N3O2.HI/c1-18(21-11-5-4-6-12-21)27-14-8-13-24-22(23-2)25-16-19-9-7-10-20(15-19)17-26-3;/h4-7,9-12,15,18H,8,13-14,16-17H2,1-3H3,(H2,23,24,25);1H. The van der Waals surface area contributed by atoms with Crippen LogP contribution in [0.2, 0.25) is 0 Å². The highest BCUT2D eigenvalue weighted by Gasteiger charge is 2.04. The average Bonchev–Trinajstić information content (AvgIpc) is 2.71. The first-order chi connectivity index (χ1) is 13.2. The van der Waals surface area contributed by atoms with E-state index in [1.807, 2.05) is 24.3 Å². The highest BCUT2D eigenvalue weighted by atomic mass is 127. The number of hydrogen-bond donors (Lipinski definition) is 2. The lowest BCUT2D eigenvalue weighted by atomic mass is 10.1. The van der Waals surface area contributed by atoms with E-state index < -0.39 is 0 Å². The number of halogens is 1. The lowest BCUT2D eigenvalue weighted by Gasteiger charge is -2.15. The van der Waals surface area contributed by atoms with Crippen LogP contribution in [0.3, 0.4) is 0 Å². The normalized spacial score (nSPS) is 12.2. The molecule has 0 aliphatic heterocycles. The van der Waals surface area contributed by atoms with Gasteiger partial charge in [-0.15, -0.1) is 24.0 Å². The predicted octanol–water partition coefficient (Wildman–Crippen LogP) is 4.28. The SMILES string of the molecule is CN=C(NCCCOC(C)c1ccccc1)NCc1cccc(COC)c1.I. The van der Waals surface area contributed by atoms with Crippen LogP contribution in [0.1, 0.15) is 36.1 Å². The zero-order valence-electron chi connectivity index (χ0n) is 17.0. The summed E-state index contributed by atoms with van der Waals surface area (Å²) in [6.45, 7) is 4.95. The predicted molar refractivity (Wildman–Crippen MR) is 126 cm³/mol. The maximum absolute atomic E-state index is 5.90. The van der Waals surface area contributed by atoms with Gasteiger partial charge in [-0.1, -0.05) is 54.6 Å². The van der Waals surface area contributed by atoms with Crippen LogP contribution in [-0.2, 0) is 22.6 Å². The molecule has 2 N–H and O–H groups in total. The summed E-state index contributed by atoms with van der Waals surface area (Å²) < 4.78 is 11.1. The molecule has 0 spiro atoms. The van der Waals surface area contributed by atoms with Crippen molar-refractivity contribution in [2.45, 2.75) is 32.6 Å². The Labute approximate surface area is 186 Å². The molecule has 5 nitrogen and oxygen atoms in total. The van der Waals surface area contributed by atoms with Crippen molar-refractivity contribution in [1.82, 2.24) is 10.6 Å². The van der Waals surface area contributed by atoms with E-state index in [1.165, 1.54) is 16.7 Å². The third-order valence-corrected chi connectivity index (χ3v) is 4.24. The molecule has 0 heterocycles. The van der Waals surface area contributed by atoms with Crippen LogP contribution in [0.5, 0.6) is 0 Å². The molecule has 154 valence electrons. The van der Waals surface area contributed by atoms with Crippen molar-refractivity contribution in [3.05, 3.63) is 71.3 Å². The zero-order valence-corrected chi connectivity index (χ0v) is 19.3. The Balaban J connectivity index is 0.00000392. The van der Waals surface area contributed by atoms with Gasteiger partial charge < -0.3 is 20.1 Å². The number of methoxy groups -OCH3 is 1. The van der Waals surface area contributed by atoms with Crippen molar-refractivity contribution in [2.24, 2.45) is 4.99 Å². The molecule has 1 unspecified atom stereocenters. The lowest BCUT2D eigenvalue weighted by Crippen LogP contribution is -2.37. The van der Waals surface area contributed by atoms with Gasteiger partial charge in [-0.2, -0.15) is 0 Å². The molecular formula is C22H32IN3O2. The Morgan fingerprint density at radius 1 is 1.04 bits per heavy atom. The number of nitrogens with zero attached hydrogens (tertiary/aromatic N) is 1. The van der Waals surface area contributed by atoms with Gasteiger partial charge >= 0.3 is 0 Å². The average molecular weight is 497 g/mol. The number of nitrogens with one attached hydrogen (secondary N) is 2. The van der Waals surface area contributed by atoms with Crippen LogP contribution in [0.4, 0.5) is 0 Å². The van der Waals surface area contributed by atoms with E-state index in [0.29, 0.717) is 13.2 Å². The van der Waals surface area contributed by atoms with Crippen molar-refractivity contribution < 1.29 is 9.47 Å². The van der Waals surface area contributed by atoms with Gasteiger partial charge in [0, 0.05) is 33.9 Å². The summed E-state index contributed by atoms with van der Waals surface area (Å²) in [4.78, 5) is 4.27. The van der Waals surface area contributed by atoms with E-state index in [4.69, 9.17) is 9.47 Å². The van der Waals surface area contributed by atoms with Crippen LogP contribution in [0.25, 0.3) is 0 Å². The zero-order chi connectivity index (χ0) is 19.3. The van der Waals surface area contributed by atoms with Crippen LogP contribution < -0.4 is 10.6 Å². The maximum Gasteiger partial charge on any atom is 0.191 e. The van der Waals surface area contributed by atoms with E-state index in [-0.39, 0.29) is 30.1 Å². The minimum Gasteiger partial charge on any atom is -0.380 e. The quantitative estimate of drug-likeness (QED) is 0.223. The molecule has 2 aromatic carbocycles. The second-order valence-electron chi connectivity index (χ2n) is 6.38. The number of hydrogen-bond acceptors (Lipinski definition) is 3. The summed E-state index contributed by atoms with van der Waals surface area (Å²) in [5, 5.41) is 6.66. The summed E-state index contributed by atoms with van der Waals surface area (Å²) in [5.41, 5.74) is 3.58. The van der Waals surface area contributed by atoms with Gasteiger partial charge in [0.05, 0.1) is 12.7 Å². The molecule has 0 amide bonds. The monoisotopic (exact) mass is 497 g/mol. The van der Waals surface area contributed by atoms with E-state index in [2.05, 4.69) is 52.9 Å². The topological polar surface area (TPSA) is 54.9 Å². The molecule has 0 aromatic heterocycles. The van der Waals surface area contributed by atoms with Crippen LogP contribution in [0.15, 0.2) is 59.6 Å². The van der Waals surface area contributed by atoms with Gasteiger partial charge in [0.25, 0.3) is 0 Å². The van der Waals surface area contributed by atoms with Gasteiger partial charge in [-0.25, -0.2) is 0 Å². The Kier molecular flexibility index (Phi) is 12.5. The molecule has 0 saturated heterocycles. The number of guanidine groups is 1. The van der Waals surface area contributed by atoms with Crippen molar-refractivity contribution in [2.75, 3.05) is 27.3 Å². The summed E-state index contributed by atoms with van der Waals surface area (Å²) >= 11 is 0. The van der Waals surface area contributed by atoms with Gasteiger partial charge in [0.2, 0.25) is 0 Å². The lowest BCUT2D eigenvalue weighted by molar-refractivity contribution is 0.0646. The minimum absolute atomic E-state index is 0.